The lowest BCUT2D eigenvalue weighted by Gasteiger charge is -2.26. The van der Waals surface area contributed by atoms with Crippen molar-refractivity contribution >= 4 is 29.1 Å². The maximum Gasteiger partial charge on any atom is 0.254 e. The second-order valence-corrected chi connectivity index (χ2v) is 6.22. The largest absolute Gasteiger partial charge is 0.337 e. The van der Waals surface area contributed by atoms with Crippen molar-refractivity contribution in [1.82, 2.24) is 14.8 Å². The van der Waals surface area contributed by atoms with Crippen LogP contribution in [0.1, 0.15) is 24.2 Å². The van der Waals surface area contributed by atoms with Crippen LogP contribution in [0.4, 0.5) is 0 Å². The number of aromatic nitrogens is 1. The third-order valence-corrected chi connectivity index (χ3v) is 3.09. The fraction of sp³-hybridized carbons (Fsp3) is 0.571. The van der Waals surface area contributed by atoms with E-state index in [0.717, 1.165) is 6.54 Å². The normalized spacial score (nSPS) is 11.2. The molecule has 1 rings (SSSR count). The van der Waals surface area contributed by atoms with Crippen LogP contribution in [0.3, 0.4) is 0 Å². The van der Waals surface area contributed by atoms with Gasteiger partial charge in [-0.15, -0.1) is 0 Å². The molecule has 1 aromatic rings. The average molecular weight is 318 g/mol. The van der Waals surface area contributed by atoms with E-state index in [1.165, 1.54) is 0 Å². The third kappa shape index (κ3) is 5.65. The Morgan fingerprint density at radius 1 is 1.20 bits per heavy atom. The molecule has 0 bridgehead atoms. The van der Waals surface area contributed by atoms with E-state index in [4.69, 9.17) is 23.2 Å². The average Bonchev–Trinajstić information content (AvgIpc) is 2.31. The van der Waals surface area contributed by atoms with Crippen molar-refractivity contribution in [3.63, 3.8) is 0 Å². The molecule has 0 saturated heterocycles. The summed E-state index contributed by atoms with van der Waals surface area (Å²) in [5.74, 6) is 0.334. The Hall–Kier alpha value is -0.840. The Bertz CT molecular complexity index is 443. The SMILES string of the molecule is CC(C)CN(CCN(C)C)C(=O)c1cc(Cl)nc(Cl)c1. The molecule has 0 unspecified atom stereocenters. The minimum absolute atomic E-state index is 0.0632. The molecule has 4 nitrogen and oxygen atoms in total. The highest BCUT2D eigenvalue weighted by molar-refractivity contribution is 6.33. The number of halogens is 2. The van der Waals surface area contributed by atoms with E-state index in [9.17, 15) is 4.79 Å². The van der Waals surface area contributed by atoms with Crippen LogP contribution in [0.25, 0.3) is 0 Å². The van der Waals surface area contributed by atoms with E-state index in [1.54, 1.807) is 12.1 Å². The molecule has 20 heavy (non-hydrogen) atoms. The van der Waals surface area contributed by atoms with Crippen molar-refractivity contribution in [3.05, 3.63) is 28.0 Å². The molecule has 0 aliphatic rings. The van der Waals surface area contributed by atoms with Gasteiger partial charge in [0.2, 0.25) is 0 Å². The highest BCUT2D eigenvalue weighted by Crippen LogP contribution is 2.17. The van der Waals surface area contributed by atoms with Gasteiger partial charge in [0.25, 0.3) is 5.91 Å². The molecule has 0 atom stereocenters. The Morgan fingerprint density at radius 3 is 2.20 bits per heavy atom. The number of rotatable bonds is 6. The van der Waals surface area contributed by atoms with Gasteiger partial charge >= 0.3 is 0 Å². The highest BCUT2D eigenvalue weighted by Gasteiger charge is 2.18. The zero-order valence-corrected chi connectivity index (χ0v) is 13.9. The van der Waals surface area contributed by atoms with Gasteiger partial charge in [-0.05, 0) is 32.1 Å². The number of carbonyl (C=O) groups excluding carboxylic acids is 1. The summed E-state index contributed by atoms with van der Waals surface area (Å²) < 4.78 is 0. The van der Waals surface area contributed by atoms with Gasteiger partial charge in [-0.2, -0.15) is 0 Å². The first-order chi connectivity index (χ1) is 9.29. The Labute approximate surface area is 130 Å². The topological polar surface area (TPSA) is 36.4 Å². The van der Waals surface area contributed by atoms with Crippen molar-refractivity contribution in [2.24, 2.45) is 5.92 Å². The minimum Gasteiger partial charge on any atom is -0.337 e. The van der Waals surface area contributed by atoms with Gasteiger partial charge in [-0.25, -0.2) is 4.98 Å². The summed E-state index contributed by atoms with van der Waals surface area (Å²) in [5, 5.41) is 0.468. The number of hydrogen-bond acceptors (Lipinski definition) is 3. The molecule has 1 amide bonds. The molecular formula is C14H21Cl2N3O. The predicted molar refractivity (Wildman–Crippen MR) is 83.6 cm³/mol. The molecule has 0 spiro atoms. The van der Waals surface area contributed by atoms with Gasteiger partial charge in [0.1, 0.15) is 10.3 Å². The van der Waals surface area contributed by atoms with Crippen LogP contribution in [0.2, 0.25) is 10.3 Å². The monoisotopic (exact) mass is 317 g/mol. The second-order valence-electron chi connectivity index (χ2n) is 5.45. The van der Waals surface area contributed by atoms with Crippen molar-refractivity contribution in [3.8, 4) is 0 Å². The lowest BCUT2D eigenvalue weighted by atomic mass is 10.1. The van der Waals surface area contributed by atoms with Gasteiger partial charge in [0.05, 0.1) is 0 Å². The molecule has 1 heterocycles. The van der Waals surface area contributed by atoms with Crippen LogP contribution in [0, 0.1) is 5.92 Å². The molecule has 112 valence electrons. The molecule has 0 saturated carbocycles. The molecule has 0 radical (unpaired) electrons. The van der Waals surface area contributed by atoms with Crippen LogP contribution in [0.5, 0.6) is 0 Å². The first kappa shape index (κ1) is 17.2. The lowest BCUT2D eigenvalue weighted by molar-refractivity contribution is 0.0724. The van der Waals surface area contributed by atoms with Gasteiger partial charge < -0.3 is 9.80 Å². The highest BCUT2D eigenvalue weighted by atomic mass is 35.5. The van der Waals surface area contributed by atoms with Crippen molar-refractivity contribution < 1.29 is 4.79 Å². The Morgan fingerprint density at radius 2 is 1.75 bits per heavy atom. The molecule has 0 N–H and O–H groups in total. The Kier molecular flexibility index (Phi) is 6.72. The van der Waals surface area contributed by atoms with E-state index in [2.05, 4.69) is 18.8 Å². The summed E-state index contributed by atoms with van der Waals surface area (Å²) in [4.78, 5) is 20.3. The fourth-order valence-electron chi connectivity index (χ4n) is 1.81. The van der Waals surface area contributed by atoms with Crippen molar-refractivity contribution in [1.29, 1.82) is 0 Å². The van der Waals surface area contributed by atoms with Crippen LogP contribution >= 0.6 is 23.2 Å². The molecule has 6 heteroatoms. The minimum atomic E-state index is -0.0632. The molecule has 0 aromatic carbocycles. The van der Waals surface area contributed by atoms with E-state index in [0.29, 0.717) is 24.6 Å². The van der Waals surface area contributed by atoms with Crippen LogP contribution in [-0.4, -0.2) is 54.4 Å². The zero-order valence-electron chi connectivity index (χ0n) is 12.4. The summed E-state index contributed by atoms with van der Waals surface area (Å²) in [7, 11) is 3.97. The number of likely N-dealkylation sites (N-methyl/N-ethyl adjacent to an activating group) is 1. The van der Waals surface area contributed by atoms with Crippen molar-refractivity contribution in [2.75, 3.05) is 33.7 Å². The standard InChI is InChI=1S/C14H21Cl2N3O/c1-10(2)9-19(6-5-18(3)4)14(20)11-7-12(15)17-13(16)8-11/h7-8,10H,5-6,9H2,1-4H3. The van der Waals surface area contributed by atoms with Gasteiger partial charge in [0, 0.05) is 25.2 Å². The van der Waals surface area contributed by atoms with Gasteiger partial charge in [-0.1, -0.05) is 37.0 Å². The third-order valence-electron chi connectivity index (χ3n) is 2.70. The van der Waals surface area contributed by atoms with E-state index in [-0.39, 0.29) is 16.2 Å². The van der Waals surface area contributed by atoms with Crippen LogP contribution in [0.15, 0.2) is 12.1 Å². The molecule has 0 fully saturated rings. The number of pyridine rings is 1. The number of hydrogen-bond donors (Lipinski definition) is 0. The van der Waals surface area contributed by atoms with Crippen molar-refractivity contribution in [2.45, 2.75) is 13.8 Å². The quantitative estimate of drug-likeness (QED) is 0.757. The summed E-state index contributed by atoms with van der Waals surface area (Å²) in [6.07, 6.45) is 0. The fourth-order valence-corrected chi connectivity index (χ4v) is 2.27. The first-order valence-electron chi connectivity index (χ1n) is 6.56. The molecular weight excluding hydrogens is 297 g/mol. The number of nitrogens with zero attached hydrogens (tertiary/aromatic N) is 3. The van der Waals surface area contributed by atoms with Gasteiger partial charge in [0.15, 0.2) is 0 Å². The number of carbonyl (C=O) groups is 1. The van der Waals surface area contributed by atoms with Crippen LogP contribution < -0.4 is 0 Å². The maximum atomic E-state index is 12.6. The summed E-state index contributed by atoms with van der Waals surface area (Å²) >= 11 is 11.7. The molecule has 0 aliphatic carbocycles. The van der Waals surface area contributed by atoms with E-state index >= 15 is 0 Å². The molecule has 0 aliphatic heterocycles. The maximum absolute atomic E-state index is 12.6. The summed E-state index contributed by atoms with van der Waals surface area (Å²) in [5.41, 5.74) is 0.481. The zero-order chi connectivity index (χ0) is 15.3. The summed E-state index contributed by atoms with van der Waals surface area (Å²) in [6, 6.07) is 3.11. The lowest BCUT2D eigenvalue weighted by Crippen LogP contribution is -2.39. The number of amides is 1. The van der Waals surface area contributed by atoms with E-state index < -0.39 is 0 Å². The predicted octanol–water partition coefficient (Wildman–Crippen LogP) is 3.05. The smallest absolute Gasteiger partial charge is 0.254 e. The first-order valence-corrected chi connectivity index (χ1v) is 7.32. The molecule has 1 aromatic heterocycles. The Balaban J connectivity index is 2.90. The van der Waals surface area contributed by atoms with Gasteiger partial charge in [-0.3, -0.25) is 4.79 Å². The summed E-state index contributed by atoms with van der Waals surface area (Å²) in [6.45, 7) is 6.35. The van der Waals surface area contributed by atoms with E-state index in [1.807, 2.05) is 23.9 Å². The van der Waals surface area contributed by atoms with Crippen LogP contribution in [-0.2, 0) is 0 Å². The second kappa shape index (κ2) is 7.81.